The maximum atomic E-state index is 11.0. The van der Waals surface area contributed by atoms with Crippen molar-refractivity contribution in [1.29, 1.82) is 5.26 Å². The number of hydrogen-bond donors (Lipinski definition) is 1. The SMILES string of the molecule is CNC(=O)CCOc1ccc(C#N)cc1[N+](=O)[O-]. The first-order valence-corrected chi connectivity index (χ1v) is 5.10. The minimum atomic E-state index is -0.629. The van der Waals surface area contributed by atoms with Crippen molar-refractivity contribution in [2.24, 2.45) is 0 Å². The van der Waals surface area contributed by atoms with E-state index in [9.17, 15) is 14.9 Å². The highest BCUT2D eigenvalue weighted by Gasteiger charge is 2.16. The second-order valence-electron chi connectivity index (χ2n) is 3.32. The van der Waals surface area contributed by atoms with E-state index >= 15 is 0 Å². The molecule has 0 fully saturated rings. The van der Waals surface area contributed by atoms with Crippen LogP contribution in [0.4, 0.5) is 5.69 Å². The van der Waals surface area contributed by atoms with Gasteiger partial charge in [0.25, 0.3) is 0 Å². The van der Waals surface area contributed by atoms with Gasteiger partial charge in [-0.15, -0.1) is 0 Å². The summed E-state index contributed by atoms with van der Waals surface area (Å²) in [5.74, 6) is -0.172. The van der Waals surface area contributed by atoms with Crippen molar-refractivity contribution in [2.75, 3.05) is 13.7 Å². The van der Waals surface area contributed by atoms with Crippen LogP contribution in [0.1, 0.15) is 12.0 Å². The maximum absolute atomic E-state index is 11.0. The van der Waals surface area contributed by atoms with Crippen molar-refractivity contribution in [3.63, 3.8) is 0 Å². The number of nitrogens with zero attached hydrogens (tertiary/aromatic N) is 2. The number of nitro groups is 1. The summed E-state index contributed by atoms with van der Waals surface area (Å²) in [5.41, 5.74) is -0.105. The third kappa shape index (κ3) is 3.45. The lowest BCUT2D eigenvalue weighted by Crippen LogP contribution is -2.20. The highest BCUT2D eigenvalue weighted by molar-refractivity contribution is 5.75. The van der Waals surface area contributed by atoms with Gasteiger partial charge < -0.3 is 10.1 Å². The van der Waals surface area contributed by atoms with Gasteiger partial charge in [-0.2, -0.15) is 5.26 Å². The fourth-order valence-electron chi connectivity index (χ4n) is 1.23. The van der Waals surface area contributed by atoms with Crippen LogP contribution in [0.2, 0.25) is 0 Å². The number of carbonyl (C=O) groups excluding carboxylic acids is 1. The van der Waals surface area contributed by atoms with Crippen molar-refractivity contribution in [3.05, 3.63) is 33.9 Å². The molecule has 0 spiro atoms. The zero-order valence-corrected chi connectivity index (χ0v) is 9.67. The fraction of sp³-hybridized carbons (Fsp3) is 0.273. The number of nitrogens with one attached hydrogen (secondary N) is 1. The van der Waals surface area contributed by atoms with Crippen molar-refractivity contribution in [1.82, 2.24) is 5.32 Å². The van der Waals surface area contributed by atoms with Crippen LogP contribution in [-0.2, 0) is 4.79 Å². The van der Waals surface area contributed by atoms with E-state index < -0.39 is 4.92 Å². The van der Waals surface area contributed by atoms with Gasteiger partial charge in [0.15, 0.2) is 5.75 Å². The van der Waals surface area contributed by atoms with Crippen molar-refractivity contribution in [2.45, 2.75) is 6.42 Å². The minimum Gasteiger partial charge on any atom is -0.486 e. The molecular weight excluding hydrogens is 238 g/mol. The molecule has 1 aromatic carbocycles. The average molecular weight is 249 g/mol. The van der Waals surface area contributed by atoms with Gasteiger partial charge in [-0.3, -0.25) is 14.9 Å². The lowest BCUT2D eigenvalue weighted by atomic mass is 10.2. The summed E-state index contributed by atoms with van der Waals surface area (Å²) < 4.78 is 5.16. The van der Waals surface area contributed by atoms with E-state index in [0.29, 0.717) is 0 Å². The third-order valence-electron chi connectivity index (χ3n) is 2.15. The van der Waals surface area contributed by atoms with Crippen molar-refractivity contribution in [3.8, 4) is 11.8 Å². The number of nitriles is 1. The molecule has 94 valence electrons. The molecule has 0 unspecified atom stereocenters. The first-order chi connectivity index (χ1) is 8.58. The van der Waals surface area contributed by atoms with Crippen molar-refractivity contribution < 1.29 is 14.5 Å². The highest BCUT2D eigenvalue weighted by atomic mass is 16.6. The second-order valence-corrected chi connectivity index (χ2v) is 3.32. The molecule has 1 rings (SSSR count). The van der Waals surface area contributed by atoms with Gasteiger partial charge in [-0.05, 0) is 12.1 Å². The Kier molecular flexibility index (Phi) is 4.63. The van der Waals surface area contributed by atoms with E-state index in [1.807, 2.05) is 6.07 Å². The molecule has 0 aliphatic heterocycles. The first-order valence-electron chi connectivity index (χ1n) is 5.10. The normalized spacial score (nSPS) is 9.33. The zero-order valence-electron chi connectivity index (χ0n) is 9.67. The Labute approximate surface area is 103 Å². The molecule has 1 aromatic rings. The predicted molar refractivity (Wildman–Crippen MR) is 62.0 cm³/mol. The molecule has 7 nitrogen and oxygen atoms in total. The number of carbonyl (C=O) groups is 1. The monoisotopic (exact) mass is 249 g/mol. The molecule has 18 heavy (non-hydrogen) atoms. The average Bonchev–Trinajstić information content (AvgIpc) is 2.38. The Bertz CT molecular complexity index is 508. The van der Waals surface area contributed by atoms with Gasteiger partial charge in [0, 0.05) is 13.1 Å². The van der Waals surface area contributed by atoms with Crippen LogP contribution in [0.15, 0.2) is 18.2 Å². The van der Waals surface area contributed by atoms with Crippen LogP contribution in [0.5, 0.6) is 5.75 Å². The molecule has 1 amide bonds. The molecular formula is C11H11N3O4. The minimum absolute atomic E-state index is 0.0341. The van der Waals surface area contributed by atoms with E-state index in [-0.39, 0.29) is 35.9 Å². The number of ether oxygens (including phenoxy) is 1. The molecule has 0 radical (unpaired) electrons. The number of hydrogen-bond acceptors (Lipinski definition) is 5. The molecule has 0 atom stereocenters. The summed E-state index contributed by atoms with van der Waals surface area (Å²) in [5, 5.41) is 21.8. The summed E-state index contributed by atoms with van der Waals surface area (Å²) in [6, 6.07) is 5.71. The number of nitro benzene ring substituents is 1. The van der Waals surface area contributed by atoms with Crippen LogP contribution in [0.25, 0.3) is 0 Å². The van der Waals surface area contributed by atoms with Crippen molar-refractivity contribution >= 4 is 11.6 Å². The number of amides is 1. The fourth-order valence-corrected chi connectivity index (χ4v) is 1.23. The molecule has 0 bridgehead atoms. The summed E-state index contributed by atoms with van der Waals surface area (Å²) in [6.07, 6.45) is 0.105. The maximum Gasteiger partial charge on any atom is 0.312 e. The lowest BCUT2D eigenvalue weighted by Gasteiger charge is -2.06. The summed E-state index contributed by atoms with van der Waals surface area (Å²) in [4.78, 5) is 21.1. The molecule has 7 heteroatoms. The Balaban J connectivity index is 2.79. The Morgan fingerprint density at radius 3 is 2.89 bits per heavy atom. The van der Waals surface area contributed by atoms with Gasteiger partial charge >= 0.3 is 5.69 Å². The quantitative estimate of drug-likeness (QED) is 0.618. The van der Waals surface area contributed by atoms with Gasteiger partial charge in [-0.1, -0.05) is 0 Å². The molecule has 0 aliphatic carbocycles. The molecule has 0 aliphatic rings. The summed E-state index contributed by atoms with van der Waals surface area (Å²) in [7, 11) is 1.49. The number of benzene rings is 1. The van der Waals surface area contributed by atoms with Crippen LogP contribution in [-0.4, -0.2) is 24.5 Å². The lowest BCUT2D eigenvalue weighted by molar-refractivity contribution is -0.385. The molecule has 0 saturated carbocycles. The van der Waals surface area contributed by atoms with E-state index in [0.717, 1.165) is 6.07 Å². The van der Waals surface area contributed by atoms with E-state index in [1.54, 1.807) is 0 Å². The van der Waals surface area contributed by atoms with Gasteiger partial charge in [0.1, 0.15) is 0 Å². The van der Waals surface area contributed by atoms with Crippen LogP contribution >= 0.6 is 0 Å². The van der Waals surface area contributed by atoms with E-state index in [4.69, 9.17) is 10.00 Å². The molecule has 0 saturated heterocycles. The van der Waals surface area contributed by atoms with Crippen LogP contribution in [0, 0.1) is 21.4 Å². The van der Waals surface area contributed by atoms with Gasteiger partial charge in [0.05, 0.1) is 29.6 Å². The third-order valence-corrected chi connectivity index (χ3v) is 2.15. The second kappa shape index (κ2) is 6.20. The number of rotatable bonds is 5. The Morgan fingerprint density at radius 2 is 2.33 bits per heavy atom. The molecule has 1 N–H and O–H groups in total. The first kappa shape index (κ1) is 13.4. The zero-order chi connectivity index (χ0) is 13.5. The molecule has 0 heterocycles. The Morgan fingerprint density at radius 1 is 1.61 bits per heavy atom. The highest BCUT2D eigenvalue weighted by Crippen LogP contribution is 2.27. The predicted octanol–water partition coefficient (Wildman–Crippen LogP) is 0.981. The van der Waals surface area contributed by atoms with Crippen LogP contribution < -0.4 is 10.1 Å². The standard InChI is InChI=1S/C11H11N3O4/c1-13-11(15)4-5-18-10-3-2-8(7-12)6-9(10)14(16)17/h2-3,6H,4-5H2,1H3,(H,13,15). The van der Waals surface area contributed by atoms with Gasteiger partial charge in [-0.25, -0.2) is 0 Å². The van der Waals surface area contributed by atoms with E-state index in [2.05, 4.69) is 5.32 Å². The summed E-state index contributed by atoms with van der Waals surface area (Å²) in [6.45, 7) is 0.0341. The smallest absolute Gasteiger partial charge is 0.312 e. The van der Waals surface area contributed by atoms with Gasteiger partial charge in [0.2, 0.25) is 5.91 Å². The van der Waals surface area contributed by atoms with Crippen LogP contribution in [0.3, 0.4) is 0 Å². The summed E-state index contributed by atoms with van der Waals surface area (Å²) >= 11 is 0. The van der Waals surface area contributed by atoms with E-state index in [1.165, 1.54) is 19.2 Å². The Hall–Kier alpha value is -2.62. The topological polar surface area (TPSA) is 105 Å². The largest absolute Gasteiger partial charge is 0.486 e. The molecule has 0 aromatic heterocycles.